The summed E-state index contributed by atoms with van der Waals surface area (Å²) in [6.07, 6.45) is 3.77. The van der Waals surface area contributed by atoms with Crippen molar-refractivity contribution in [2.24, 2.45) is 0 Å². The van der Waals surface area contributed by atoms with Crippen LogP contribution in [0.1, 0.15) is 24.4 Å². The van der Waals surface area contributed by atoms with E-state index in [0.29, 0.717) is 25.6 Å². The monoisotopic (exact) mass is 417 g/mol. The Morgan fingerprint density at radius 2 is 2.08 bits per heavy atom. The van der Waals surface area contributed by atoms with Gasteiger partial charge in [-0.2, -0.15) is 0 Å². The van der Waals surface area contributed by atoms with E-state index in [0.717, 1.165) is 35.4 Å². The van der Waals surface area contributed by atoms with Gasteiger partial charge in [-0.25, -0.2) is 4.98 Å². The minimum absolute atomic E-state index is 0.0516. The Hall–Kier alpha value is -2.12. The number of halogens is 1. The van der Waals surface area contributed by atoms with E-state index in [-0.39, 0.29) is 11.9 Å². The zero-order valence-electron chi connectivity index (χ0n) is 14.3. The summed E-state index contributed by atoms with van der Waals surface area (Å²) >= 11 is 3.34. The second-order valence-electron chi connectivity index (χ2n) is 6.44. The Bertz CT molecular complexity index is 797. The van der Waals surface area contributed by atoms with Crippen LogP contribution in [0.5, 0.6) is 11.5 Å². The van der Waals surface area contributed by atoms with Crippen molar-refractivity contribution in [3.63, 3.8) is 0 Å². The lowest BCUT2D eigenvalue weighted by Gasteiger charge is -2.26. The number of fused-ring (bicyclic) bond motifs is 1. The molecule has 2 aromatic rings. The SMILES string of the molecule is O=C(CN1CCCC1c1ccc2c(c1)OCCO2)Nc1ccc(Br)cn1. The standard InChI is InChI=1S/C19H20BrN3O3/c20-14-4-6-18(21-11-14)22-19(24)12-23-7-1-2-15(23)13-3-5-16-17(10-13)26-9-8-25-16/h3-6,10-11,15H,1-2,7-9,12H2,(H,21,22,24). The summed E-state index contributed by atoms with van der Waals surface area (Å²) in [5.74, 6) is 2.10. The molecule has 1 atom stereocenters. The molecule has 1 saturated heterocycles. The van der Waals surface area contributed by atoms with E-state index in [1.165, 1.54) is 5.56 Å². The van der Waals surface area contributed by atoms with Crippen LogP contribution in [0, 0.1) is 0 Å². The average Bonchev–Trinajstić information content (AvgIpc) is 3.11. The van der Waals surface area contributed by atoms with Gasteiger partial charge in [0.05, 0.1) is 6.54 Å². The quantitative estimate of drug-likeness (QED) is 0.825. The van der Waals surface area contributed by atoms with E-state index in [1.807, 2.05) is 18.2 Å². The zero-order valence-corrected chi connectivity index (χ0v) is 15.9. The fraction of sp³-hybridized carbons (Fsp3) is 0.368. The minimum Gasteiger partial charge on any atom is -0.486 e. The van der Waals surface area contributed by atoms with E-state index in [9.17, 15) is 4.79 Å². The summed E-state index contributed by atoms with van der Waals surface area (Å²) in [5, 5.41) is 2.86. The lowest BCUT2D eigenvalue weighted by Crippen LogP contribution is -2.33. The van der Waals surface area contributed by atoms with E-state index in [1.54, 1.807) is 12.3 Å². The smallest absolute Gasteiger partial charge is 0.239 e. The topological polar surface area (TPSA) is 63.7 Å². The normalized spacial score (nSPS) is 19.3. The Morgan fingerprint density at radius 1 is 1.23 bits per heavy atom. The maximum atomic E-state index is 12.4. The molecule has 2 aliphatic rings. The molecule has 1 aromatic carbocycles. The molecule has 1 fully saturated rings. The van der Waals surface area contributed by atoms with Crippen molar-refractivity contribution in [3.8, 4) is 11.5 Å². The fourth-order valence-corrected chi connectivity index (χ4v) is 3.71. The Kier molecular flexibility index (Phi) is 5.08. The van der Waals surface area contributed by atoms with Crippen LogP contribution < -0.4 is 14.8 Å². The largest absolute Gasteiger partial charge is 0.486 e. The summed E-state index contributed by atoms with van der Waals surface area (Å²) < 4.78 is 12.2. The number of anilines is 1. The van der Waals surface area contributed by atoms with Gasteiger partial charge in [-0.15, -0.1) is 0 Å². The van der Waals surface area contributed by atoms with Gasteiger partial charge < -0.3 is 14.8 Å². The predicted molar refractivity (Wildman–Crippen MR) is 102 cm³/mol. The van der Waals surface area contributed by atoms with E-state index in [2.05, 4.69) is 37.2 Å². The molecular weight excluding hydrogens is 398 g/mol. The Morgan fingerprint density at radius 3 is 2.88 bits per heavy atom. The highest BCUT2D eigenvalue weighted by molar-refractivity contribution is 9.10. The maximum absolute atomic E-state index is 12.4. The molecule has 136 valence electrons. The van der Waals surface area contributed by atoms with Gasteiger partial charge in [-0.3, -0.25) is 9.69 Å². The lowest BCUT2D eigenvalue weighted by atomic mass is 10.0. The molecule has 0 spiro atoms. The number of carbonyl (C=O) groups excluding carboxylic acids is 1. The molecule has 1 amide bonds. The molecule has 0 radical (unpaired) electrons. The van der Waals surface area contributed by atoms with Crippen LogP contribution in [0.4, 0.5) is 5.82 Å². The van der Waals surface area contributed by atoms with Crippen molar-refractivity contribution in [2.75, 3.05) is 31.6 Å². The van der Waals surface area contributed by atoms with E-state index < -0.39 is 0 Å². The molecule has 4 rings (SSSR count). The van der Waals surface area contributed by atoms with Crippen molar-refractivity contribution in [1.82, 2.24) is 9.88 Å². The number of likely N-dealkylation sites (tertiary alicyclic amines) is 1. The minimum atomic E-state index is -0.0516. The average molecular weight is 418 g/mol. The number of aromatic nitrogens is 1. The summed E-state index contributed by atoms with van der Waals surface area (Å²) in [4.78, 5) is 18.8. The maximum Gasteiger partial charge on any atom is 0.239 e. The van der Waals surface area contributed by atoms with Gasteiger partial charge in [-0.05, 0) is 65.1 Å². The van der Waals surface area contributed by atoms with Gasteiger partial charge in [0.2, 0.25) is 5.91 Å². The number of nitrogens with one attached hydrogen (secondary N) is 1. The van der Waals surface area contributed by atoms with Crippen LogP contribution in [0.15, 0.2) is 41.0 Å². The molecule has 26 heavy (non-hydrogen) atoms. The number of ether oxygens (including phenoxy) is 2. The first kappa shape index (κ1) is 17.3. The van der Waals surface area contributed by atoms with Gasteiger partial charge >= 0.3 is 0 Å². The first-order valence-electron chi connectivity index (χ1n) is 8.74. The van der Waals surface area contributed by atoms with Crippen LogP contribution in [0.2, 0.25) is 0 Å². The predicted octanol–water partition coefficient (Wildman–Crippen LogP) is 3.39. The second kappa shape index (κ2) is 7.63. The highest BCUT2D eigenvalue weighted by Gasteiger charge is 2.28. The third kappa shape index (κ3) is 3.83. The molecule has 3 heterocycles. The molecule has 0 bridgehead atoms. The molecule has 6 nitrogen and oxygen atoms in total. The van der Waals surface area contributed by atoms with E-state index in [4.69, 9.17) is 9.47 Å². The Balaban J connectivity index is 1.43. The molecule has 2 aliphatic heterocycles. The number of amides is 1. The highest BCUT2D eigenvalue weighted by Crippen LogP contribution is 2.37. The van der Waals surface area contributed by atoms with Crippen LogP contribution in [0.3, 0.4) is 0 Å². The highest BCUT2D eigenvalue weighted by atomic mass is 79.9. The molecule has 1 unspecified atom stereocenters. The van der Waals surface area contributed by atoms with Gasteiger partial charge in [0, 0.05) is 16.7 Å². The summed E-state index contributed by atoms with van der Waals surface area (Å²) in [6.45, 7) is 2.41. The molecular formula is C19H20BrN3O3. The summed E-state index contributed by atoms with van der Waals surface area (Å²) in [7, 11) is 0. The van der Waals surface area contributed by atoms with Crippen molar-refractivity contribution < 1.29 is 14.3 Å². The third-order valence-corrected chi connectivity index (χ3v) is 5.13. The van der Waals surface area contributed by atoms with Gasteiger partial charge in [0.15, 0.2) is 11.5 Å². The van der Waals surface area contributed by atoms with Crippen LogP contribution in [-0.4, -0.2) is 42.1 Å². The molecule has 0 saturated carbocycles. The van der Waals surface area contributed by atoms with E-state index >= 15 is 0 Å². The van der Waals surface area contributed by atoms with Gasteiger partial charge in [0.1, 0.15) is 19.0 Å². The van der Waals surface area contributed by atoms with Crippen LogP contribution in [0.25, 0.3) is 0 Å². The van der Waals surface area contributed by atoms with Crippen LogP contribution >= 0.6 is 15.9 Å². The number of hydrogen-bond acceptors (Lipinski definition) is 5. The van der Waals surface area contributed by atoms with Crippen LogP contribution in [-0.2, 0) is 4.79 Å². The van der Waals surface area contributed by atoms with Crippen molar-refractivity contribution in [3.05, 3.63) is 46.6 Å². The summed E-state index contributed by atoms with van der Waals surface area (Å²) in [5.41, 5.74) is 1.17. The molecule has 1 aromatic heterocycles. The van der Waals surface area contributed by atoms with Gasteiger partial charge in [0.25, 0.3) is 0 Å². The first-order chi connectivity index (χ1) is 12.7. The number of nitrogens with zero attached hydrogens (tertiary/aromatic N) is 2. The molecule has 0 aliphatic carbocycles. The fourth-order valence-electron chi connectivity index (χ4n) is 3.48. The Labute approximate surface area is 160 Å². The van der Waals surface area contributed by atoms with Crippen molar-refractivity contribution >= 4 is 27.7 Å². The van der Waals surface area contributed by atoms with Gasteiger partial charge in [-0.1, -0.05) is 6.07 Å². The van der Waals surface area contributed by atoms with Crippen molar-refractivity contribution in [2.45, 2.75) is 18.9 Å². The molecule has 7 heteroatoms. The van der Waals surface area contributed by atoms with Crippen molar-refractivity contribution in [1.29, 1.82) is 0 Å². The first-order valence-corrected chi connectivity index (χ1v) is 9.53. The molecule has 1 N–H and O–H groups in total. The third-order valence-electron chi connectivity index (χ3n) is 4.66. The number of pyridine rings is 1. The second-order valence-corrected chi connectivity index (χ2v) is 7.36. The number of hydrogen-bond donors (Lipinski definition) is 1. The zero-order chi connectivity index (χ0) is 17.9. The number of benzene rings is 1. The number of rotatable bonds is 4. The number of carbonyl (C=O) groups is 1. The lowest BCUT2D eigenvalue weighted by molar-refractivity contribution is -0.117. The summed E-state index contributed by atoms with van der Waals surface area (Å²) in [6, 6.07) is 9.94.